The molecule has 2 rings (SSSR count). The van der Waals surface area contributed by atoms with E-state index in [1.54, 1.807) is 0 Å². The Bertz CT molecular complexity index is 785. The normalized spacial score (nSPS) is 11.4. The molecule has 0 atom stereocenters. The molecule has 0 bridgehead atoms. The summed E-state index contributed by atoms with van der Waals surface area (Å²) in [5, 5.41) is 0. The van der Waals surface area contributed by atoms with E-state index in [4.69, 9.17) is 0 Å². The third kappa shape index (κ3) is 14.7. The Morgan fingerprint density at radius 3 is 0.974 bits per heavy atom. The van der Waals surface area contributed by atoms with Gasteiger partial charge in [-0.3, -0.25) is 0 Å². The van der Waals surface area contributed by atoms with E-state index in [9.17, 15) is 0 Å². The Labute approximate surface area is 253 Å². The molecule has 0 amide bonds. The van der Waals surface area contributed by atoms with Crippen LogP contribution in [-0.2, 0) is 12.8 Å². The molecule has 0 aliphatic rings. The summed E-state index contributed by atoms with van der Waals surface area (Å²) in [5.74, 6) is 0. The molecular weight excluding hydrogens is 592 g/mol. The summed E-state index contributed by atoms with van der Waals surface area (Å²) in [6.07, 6.45) is 30.3. The first-order chi connectivity index (χ1) is 18.7. The summed E-state index contributed by atoms with van der Waals surface area (Å²) in [5.41, 5.74) is 5.48. The summed E-state index contributed by atoms with van der Waals surface area (Å²) in [4.78, 5) is 0. The van der Waals surface area contributed by atoms with Crippen LogP contribution in [0.3, 0.4) is 0 Å². The highest BCUT2D eigenvalue weighted by molar-refractivity contribution is 9.11. The number of halogens is 2. The summed E-state index contributed by atoms with van der Waals surface area (Å²) >= 11 is 7.75. The highest BCUT2D eigenvalue weighted by Crippen LogP contribution is 2.35. The van der Waals surface area contributed by atoms with Gasteiger partial charge >= 0.3 is 0 Å². The minimum Gasteiger partial charge on any atom is -0.0654 e. The molecule has 0 spiro atoms. The van der Waals surface area contributed by atoms with Gasteiger partial charge in [0.1, 0.15) is 0 Å². The average molecular weight is 649 g/mol. The van der Waals surface area contributed by atoms with E-state index in [0.29, 0.717) is 0 Å². The first kappa shape index (κ1) is 33.6. The van der Waals surface area contributed by atoms with E-state index < -0.39 is 0 Å². The van der Waals surface area contributed by atoms with Crippen LogP contribution in [0, 0.1) is 0 Å². The van der Waals surface area contributed by atoms with E-state index in [1.165, 1.54) is 172 Å². The second kappa shape index (κ2) is 22.1. The van der Waals surface area contributed by atoms with Crippen molar-refractivity contribution in [3.05, 3.63) is 56.5 Å². The molecule has 2 aromatic rings. The van der Waals surface area contributed by atoms with Crippen molar-refractivity contribution in [2.75, 3.05) is 0 Å². The van der Waals surface area contributed by atoms with Gasteiger partial charge in [-0.15, -0.1) is 0 Å². The van der Waals surface area contributed by atoms with Crippen LogP contribution in [0.1, 0.15) is 153 Å². The molecule has 0 nitrogen and oxygen atoms in total. The zero-order valence-electron chi connectivity index (χ0n) is 24.8. The molecule has 0 saturated carbocycles. The van der Waals surface area contributed by atoms with E-state index in [2.05, 4.69) is 82.1 Å². The van der Waals surface area contributed by atoms with Crippen molar-refractivity contribution in [2.24, 2.45) is 0 Å². The predicted octanol–water partition coefficient (Wildman–Crippen LogP) is 13.8. The fourth-order valence-electron chi connectivity index (χ4n) is 5.50. The van der Waals surface area contributed by atoms with Crippen LogP contribution in [-0.4, -0.2) is 0 Å². The summed E-state index contributed by atoms with van der Waals surface area (Å²) in [6, 6.07) is 14.0. The van der Waals surface area contributed by atoms with Crippen molar-refractivity contribution in [1.29, 1.82) is 0 Å². The van der Waals surface area contributed by atoms with E-state index >= 15 is 0 Å². The Morgan fingerprint density at radius 1 is 0.395 bits per heavy atom. The summed E-state index contributed by atoms with van der Waals surface area (Å²) < 4.78 is 2.43. The van der Waals surface area contributed by atoms with Gasteiger partial charge < -0.3 is 0 Å². The number of hydrogen-bond donors (Lipinski definition) is 0. The van der Waals surface area contributed by atoms with Gasteiger partial charge in [0.15, 0.2) is 0 Å². The van der Waals surface area contributed by atoms with Crippen molar-refractivity contribution >= 4 is 31.9 Å². The molecule has 0 N–H and O–H groups in total. The van der Waals surface area contributed by atoms with Crippen molar-refractivity contribution in [1.82, 2.24) is 0 Å². The highest BCUT2D eigenvalue weighted by Gasteiger charge is 2.09. The molecule has 2 heteroatoms. The first-order valence-corrected chi connectivity index (χ1v) is 17.8. The Hall–Kier alpha value is -0.600. The number of aryl methyl sites for hydroxylation is 2. The quantitative estimate of drug-likeness (QED) is 0.105. The largest absolute Gasteiger partial charge is 0.0654 e. The SMILES string of the molecule is CCCCCCCCCCCCc1ccc(-c2ccc(CCCCCCCCCCCC)cc2Br)c(Br)c1. The van der Waals surface area contributed by atoms with Gasteiger partial charge in [-0.25, -0.2) is 0 Å². The second-order valence-corrected chi connectivity index (χ2v) is 13.2. The van der Waals surface area contributed by atoms with Gasteiger partial charge in [0.2, 0.25) is 0 Å². The van der Waals surface area contributed by atoms with Gasteiger partial charge in [-0.1, -0.05) is 186 Å². The molecule has 0 aliphatic carbocycles. The van der Waals surface area contributed by atoms with E-state index in [0.717, 1.165) is 0 Å². The predicted molar refractivity (Wildman–Crippen MR) is 178 cm³/mol. The molecule has 0 heterocycles. The van der Waals surface area contributed by atoms with Crippen LogP contribution in [0.5, 0.6) is 0 Å². The summed E-state index contributed by atoms with van der Waals surface area (Å²) in [6.45, 7) is 4.59. The van der Waals surface area contributed by atoms with Crippen LogP contribution >= 0.6 is 31.9 Å². The number of unbranched alkanes of at least 4 members (excludes halogenated alkanes) is 18. The summed E-state index contributed by atoms with van der Waals surface area (Å²) in [7, 11) is 0. The second-order valence-electron chi connectivity index (χ2n) is 11.5. The maximum Gasteiger partial charge on any atom is 0.0256 e. The molecule has 0 aromatic heterocycles. The topological polar surface area (TPSA) is 0 Å². The lowest BCUT2D eigenvalue weighted by atomic mass is 9.98. The van der Waals surface area contributed by atoms with E-state index in [1.807, 2.05) is 0 Å². The van der Waals surface area contributed by atoms with Gasteiger partial charge in [0, 0.05) is 8.95 Å². The lowest BCUT2D eigenvalue weighted by molar-refractivity contribution is 0.556. The fraction of sp³-hybridized carbons (Fsp3) is 0.667. The van der Waals surface area contributed by atoms with Crippen molar-refractivity contribution in [3.63, 3.8) is 0 Å². The fourth-order valence-corrected chi connectivity index (χ4v) is 6.78. The number of hydrogen-bond acceptors (Lipinski definition) is 0. The molecule has 0 radical (unpaired) electrons. The molecule has 0 unspecified atom stereocenters. The number of benzene rings is 2. The third-order valence-corrected chi connectivity index (χ3v) is 9.31. The van der Waals surface area contributed by atoms with Crippen LogP contribution in [0.15, 0.2) is 45.3 Å². The minimum absolute atomic E-state index is 1.19. The van der Waals surface area contributed by atoms with Gasteiger partial charge in [0.25, 0.3) is 0 Å². The zero-order chi connectivity index (χ0) is 27.3. The molecular formula is C36H56Br2. The van der Waals surface area contributed by atoms with Crippen molar-refractivity contribution in [3.8, 4) is 11.1 Å². The van der Waals surface area contributed by atoms with Crippen LogP contribution in [0.4, 0.5) is 0 Å². The molecule has 2 aromatic carbocycles. The van der Waals surface area contributed by atoms with Crippen LogP contribution in [0.2, 0.25) is 0 Å². The maximum absolute atomic E-state index is 3.87. The monoisotopic (exact) mass is 646 g/mol. The standard InChI is InChI=1S/C36H56Br2/c1-3-5-7-9-11-13-15-17-19-21-23-31-25-27-33(35(37)29-31)34-28-26-32(30-36(34)38)24-22-20-18-16-14-12-10-8-6-4-2/h25-30H,3-24H2,1-2H3. The maximum atomic E-state index is 3.87. The van der Waals surface area contributed by atoms with Gasteiger partial charge in [0.05, 0.1) is 0 Å². The lowest BCUT2D eigenvalue weighted by Gasteiger charge is -2.12. The lowest BCUT2D eigenvalue weighted by Crippen LogP contribution is -1.91. The van der Waals surface area contributed by atoms with Crippen molar-refractivity contribution < 1.29 is 0 Å². The smallest absolute Gasteiger partial charge is 0.0256 e. The van der Waals surface area contributed by atoms with E-state index in [-0.39, 0.29) is 0 Å². The van der Waals surface area contributed by atoms with Gasteiger partial charge in [-0.2, -0.15) is 0 Å². The van der Waals surface area contributed by atoms with Crippen molar-refractivity contribution in [2.45, 2.75) is 155 Å². The highest BCUT2D eigenvalue weighted by atomic mass is 79.9. The molecule has 0 saturated heterocycles. The van der Waals surface area contributed by atoms with Gasteiger partial charge in [-0.05, 0) is 60.1 Å². The Balaban J connectivity index is 1.66. The van der Waals surface area contributed by atoms with Crippen LogP contribution < -0.4 is 0 Å². The van der Waals surface area contributed by atoms with Crippen LogP contribution in [0.25, 0.3) is 11.1 Å². The Morgan fingerprint density at radius 2 is 0.684 bits per heavy atom. The number of rotatable bonds is 23. The first-order valence-electron chi connectivity index (χ1n) is 16.2. The third-order valence-electron chi connectivity index (χ3n) is 8.00. The molecule has 0 aliphatic heterocycles. The molecule has 214 valence electrons. The minimum atomic E-state index is 1.19. The zero-order valence-corrected chi connectivity index (χ0v) is 27.9. The molecule has 38 heavy (non-hydrogen) atoms. The Kier molecular flexibility index (Phi) is 19.6. The molecule has 0 fully saturated rings. The average Bonchev–Trinajstić information content (AvgIpc) is 2.91.